The maximum absolute atomic E-state index is 12.4. The molecule has 0 aliphatic carbocycles. The number of rotatable bonds is 6. The summed E-state index contributed by atoms with van der Waals surface area (Å²) in [5, 5.41) is 3.69. The highest BCUT2D eigenvalue weighted by atomic mass is 127. The molecule has 1 aliphatic rings. The van der Waals surface area contributed by atoms with Crippen LogP contribution in [0.15, 0.2) is 42.5 Å². The van der Waals surface area contributed by atoms with E-state index in [9.17, 15) is 4.79 Å². The topological polar surface area (TPSA) is 38.3 Å². The zero-order chi connectivity index (χ0) is 19.4. The second kappa shape index (κ2) is 10.3. The molecule has 1 unspecified atom stereocenters. The van der Waals surface area contributed by atoms with Crippen molar-refractivity contribution in [1.29, 1.82) is 0 Å². The molecule has 0 bridgehead atoms. The minimum absolute atomic E-state index is 0. The first-order chi connectivity index (χ1) is 12.8. The third-order valence-corrected chi connectivity index (χ3v) is 5.47. The number of nitrogens with one attached hydrogen (secondary N) is 1. The number of halogens is 3. The van der Waals surface area contributed by atoms with Crippen LogP contribution in [-0.4, -0.2) is 43.7 Å². The fraction of sp³-hybridized carbons (Fsp3) is 0.381. The van der Waals surface area contributed by atoms with E-state index in [4.69, 9.17) is 27.9 Å². The number of likely N-dealkylation sites (N-methyl/N-ethyl adjacent to an activating group) is 1. The molecule has 152 valence electrons. The predicted octanol–water partition coefficient (Wildman–Crippen LogP) is 2.01. The minimum Gasteiger partial charge on any atom is -1.00 e. The van der Waals surface area contributed by atoms with E-state index in [0.717, 1.165) is 42.7 Å². The molecule has 2 aromatic rings. The van der Waals surface area contributed by atoms with Crippen molar-refractivity contribution in [1.82, 2.24) is 0 Å². The van der Waals surface area contributed by atoms with E-state index >= 15 is 0 Å². The van der Waals surface area contributed by atoms with Crippen molar-refractivity contribution in [3.63, 3.8) is 0 Å². The maximum atomic E-state index is 12.4. The number of anilines is 1. The van der Waals surface area contributed by atoms with Gasteiger partial charge in [0.1, 0.15) is 19.2 Å². The van der Waals surface area contributed by atoms with E-state index in [1.807, 2.05) is 12.1 Å². The van der Waals surface area contributed by atoms with Gasteiger partial charge >= 0.3 is 0 Å². The lowest BCUT2D eigenvalue weighted by atomic mass is 10.1. The lowest BCUT2D eigenvalue weighted by molar-refractivity contribution is -0.906. The molecule has 4 nitrogen and oxygen atoms in total. The van der Waals surface area contributed by atoms with Crippen molar-refractivity contribution in [2.45, 2.75) is 25.5 Å². The van der Waals surface area contributed by atoms with Gasteiger partial charge in [0.15, 0.2) is 0 Å². The number of nitrogens with zero attached hydrogens (tertiary/aromatic N) is 1. The van der Waals surface area contributed by atoms with Gasteiger partial charge in [-0.25, -0.2) is 0 Å². The number of carbonyl (C=O) groups excluding carboxylic acids is 1. The zero-order valence-electron chi connectivity index (χ0n) is 16.1. The fourth-order valence-corrected chi connectivity index (χ4v) is 3.73. The Morgan fingerprint density at radius 1 is 1.14 bits per heavy atom. The fourth-order valence-electron chi connectivity index (χ4n) is 3.43. The van der Waals surface area contributed by atoms with E-state index < -0.39 is 0 Å². The molecule has 3 rings (SSSR count). The lowest BCUT2D eigenvalue weighted by Crippen LogP contribution is -3.00. The Kier molecular flexibility index (Phi) is 8.58. The number of ether oxygens (including phenoxy) is 1. The van der Waals surface area contributed by atoms with Gasteiger partial charge in [-0.1, -0.05) is 35.3 Å². The third kappa shape index (κ3) is 6.59. The minimum atomic E-state index is -0.212. The van der Waals surface area contributed by atoms with Crippen molar-refractivity contribution in [2.24, 2.45) is 0 Å². The molecular formula is C21H25Cl2IN2O2. The van der Waals surface area contributed by atoms with Crippen LogP contribution in [0, 0.1) is 0 Å². The summed E-state index contributed by atoms with van der Waals surface area (Å²) >= 11 is 11.9. The van der Waals surface area contributed by atoms with Gasteiger partial charge in [0.25, 0.3) is 5.91 Å². The Hall–Kier alpha value is -0.860. The Labute approximate surface area is 193 Å². The second-order valence-corrected chi connectivity index (χ2v) is 8.51. The molecule has 1 saturated heterocycles. The number of hydrogen-bond donors (Lipinski definition) is 1. The van der Waals surface area contributed by atoms with Crippen LogP contribution in [0.1, 0.15) is 28.8 Å². The SMILES string of the molecule is C[N+](C)(Cc1ccc(NC(=O)c2ccc(Cl)c(Cl)c2)cc1)CC1CCCO1.[I-]. The summed E-state index contributed by atoms with van der Waals surface area (Å²) in [6.07, 6.45) is 2.68. The van der Waals surface area contributed by atoms with Gasteiger partial charge in [0, 0.05) is 23.4 Å². The number of carbonyl (C=O) groups is 1. The first kappa shape index (κ1) is 23.4. The molecule has 1 atom stereocenters. The molecule has 1 fully saturated rings. The molecule has 1 heterocycles. The van der Waals surface area contributed by atoms with Crippen LogP contribution in [0.25, 0.3) is 0 Å². The van der Waals surface area contributed by atoms with E-state index in [2.05, 4.69) is 31.5 Å². The summed E-state index contributed by atoms with van der Waals surface area (Å²) in [6.45, 7) is 2.81. The highest BCUT2D eigenvalue weighted by Gasteiger charge is 2.25. The summed E-state index contributed by atoms with van der Waals surface area (Å²) in [5.41, 5.74) is 2.45. The zero-order valence-corrected chi connectivity index (χ0v) is 19.7. The van der Waals surface area contributed by atoms with Crippen LogP contribution in [0.4, 0.5) is 5.69 Å². The van der Waals surface area contributed by atoms with E-state index in [1.165, 1.54) is 5.56 Å². The molecule has 0 radical (unpaired) electrons. The van der Waals surface area contributed by atoms with Gasteiger partial charge in [-0.2, -0.15) is 0 Å². The van der Waals surface area contributed by atoms with Crippen molar-refractivity contribution in [3.8, 4) is 0 Å². The first-order valence-corrected chi connectivity index (χ1v) is 9.87. The Morgan fingerprint density at radius 3 is 2.46 bits per heavy atom. The normalized spacial score (nSPS) is 16.5. The molecule has 28 heavy (non-hydrogen) atoms. The number of benzene rings is 2. The average Bonchev–Trinajstić information content (AvgIpc) is 3.11. The predicted molar refractivity (Wildman–Crippen MR) is 111 cm³/mol. The van der Waals surface area contributed by atoms with Crippen LogP contribution >= 0.6 is 23.2 Å². The van der Waals surface area contributed by atoms with Crippen molar-refractivity contribution in [3.05, 3.63) is 63.6 Å². The summed E-state index contributed by atoms with van der Waals surface area (Å²) in [5.74, 6) is -0.212. The molecule has 0 spiro atoms. The van der Waals surface area contributed by atoms with Gasteiger partial charge in [-0.3, -0.25) is 4.79 Å². The van der Waals surface area contributed by atoms with E-state index in [0.29, 0.717) is 21.7 Å². The Balaban J connectivity index is 0.00000280. The van der Waals surface area contributed by atoms with Gasteiger partial charge < -0.3 is 38.5 Å². The van der Waals surface area contributed by atoms with Crippen molar-refractivity contribution >= 4 is 34.8 Å². The molecule has 1 aliphatic heterocycles. The third-order valence-electron chi connectivity index (χ3n) is 4.73. The van der Waals surface area contributed by atoms with E-state index in [-0.39, 0.29) is 29.9 Å². The Bertz CT molecular complexity index is 807. The van der Waals surface area contributed by atoms with Crippen LogP contribution in [0.5, 0.6) is 0 Å². The van der Waals surface area contributed by atoms with Crippen molar-refractivity contribution in [2.75, 3.05) is 32.6 Å². The highest BCUT2D eigenvalue weighted by molar-refractivity contribution is 6.42. The molecular weight excluding hydrogens is 510 g/mol. The van der Waals surface area contributed by atoms with Crippen LogP contribution < -0.4 is 29.3 Å². The number of amides is 1. The summed E-state index contributed by atoms with van der Waals surface area (Å²) in [4.78, 5) is 12.4. The summed E-state index contributed by atoms with van der Waals surface area (Å²) in [7, 11) is 4.45. The van der Waals surface area contributed by atoms with Gasteiger partial charge in [0.05, 0.1) is 24.1 Å². The molecule has 1 N–H and O–H groups in total. The monoisotopic (exact) mass is 534 g/mol. The standard InChI is InChI=1S/C21H24Cl2N2O2.HI/c1-25(2,14-18-4-3-11-27-18)13-15-5-8-17(9-6-15)24-21(26)16-7-10-19(22)20(23)12-16;/h5-10,12,18H,3-4,11,13-14H2,1-2H3;1H. The van der Waals surface area contributed by atoms with Crippen LogP contribution in [0.3, 0.4) is 0 Å². The number of hydrogen-bond acceptors (Lipinski definition) is 2. The van der Waals surface area contributed by atoms with Crippen LogP contribution in [-0.2, 0) is 11.3 Å². The van der Waals surface area contributed by atoms with Crippen molar-refractivity contribution < 1.29 is 38.0 Å². The molecule has 1 amide bonds. The van der Waals surface area contributed by atoms with E-state index in [1.54, 1.807) is 18.2 Å². The lowest BCUT2D eigenvalue weighted by Gasteiger charge is -2.32. The molecule has 0 saturated carbocycles. The average molecular weight is 535 g/mol. The molecule has 0 aromatic heterocycles. The summed E-state index contributed by atoms with van der Waals surface area (Å²) in [6, 6.07) is 12.8. The molecule has 2 aromatic carbocycles. The largest absolute Gasteiger partial charge is 1.00 e. The second-order valence-electron chi connectivity index (χ2n) is 7.69. The van der Waals surface area contributed by atoms with Gasteiger partial charge in [-0.05, 0) is 43.2 Å². The van der Waals surface area contributed by atoms with Gasteiger partial charge in [0.2, 0.25) is 0 Å². The Morgan fingerprint density at radius 2 is 1.86 bits per heavy atom. The smallest absolute Gasteiger partial charge is 0.255 e. The first-order valence-electron chi connectivity index (χ1n) is 9.11. The van der Waals surface area contributed by atoms with Crippen LogP contribution in [0.2, 0.25) is 10.0 Å². The highest BCUT2D eigenvalue weighted by Crippen LogP contribution is 2.23. The quantitative estimate of drug-likeness (QED) is 0.455. The molecule has 7 heteroatoms. The maximum Gasteiger partial charge on any atom is 0.255 e. The number of quaternary nitrogens is 1. The summed E-state index contributed by atoms with van der Waals surface area (Å²) < 4.78 is 6.64. The van der Waals surface area contributed by atoms with Gasteiger partial charge in [-0.15, -0.1) is 0 Å².